The van der Waals surface area contributed by atoms with Gasteiger partial charge >= 0.3 is 0 Å². The largest absolute Gasteiger partial charge is 0.391 e. The molecule has 0 unspecified atom stereocenters. The quantitative estimate of drug-likeness (QED) is 0.891. The molecule has 2 atom stereocenters. The van der Waals surface area contributed by atoms with Gasteiger partial charge in [0.2, 0.25) is 0 Å². The fraction of sp³-hybridized carbons (Fsp3) is 0.571. The van der Waals surface area contributed by atoms with Crippen LogP contribution >= 0.6 is 24.0 Å². The van der Waals surface area contributed by atoms with Crippen LogP contribution in [0, 0.1) is 11.7 Å². The van der Waals surface area contributed by atoms with Gasteiger partial charge in [-0.3, -0.25) is 0 Å². The Morgan fingerprint density at radius 3 is 2.47 bits per heavy atom. The highest BCUT2D eigenvalue weighted by molar-refractivity contribution is 6.30. The standard InChI is InChI=1S/C14H19ClFNO.ClH/c15-11-8-10(6-7-12(11)16)13(17)14(18)9-4-2-1-3-5-9;/h6-9,13-14,18H,1-5,17H2;1H/t13-,14+;/m0./s1. The van der Waals surface area contributed by atoms with Crippen molar-refractivity contribution in [3.8, 4) is 0 Å². The molecule has 2 rings (SSSR count). The lowest BCUT2D eigenvalue weighted by Gasteiger charge is -2.30. The molecule has 1 aromatic carbocycles. The molecular formula is C14H20Cl2FNO. The minimum absolute atomic E-state index is 0. The molecule has 0 amide bonds. The van der Waals surface area contributed by atoms with E-state index < -0.39 is 18.0 Å². The fourth-order valence-corrected chi connectivity index (χ4v) is 2.87. The van der Waals surface area contributed by atoms with Gasteiger partial charge in [-0.05, 0) is 36.5 Å². The van der Waals surface area contributed by atoms with Crippen LogP contribution < -0.4 is 5.73 Å². The van der Waals surface area contributed by atoms with Gasteiger partial charge in [0.05, 0.1) is 17.2 Å². The first-order valence-electron chi connectivity index (χ1n) is 6.48. The van der Waals surface area contributed by atoms with Crippen LogP contribution in [0.25, 0.3) is 0 Å². The second kappa shape index (κ2) is 7.44. The maximum atomic E-state index is 13.1. The molecule has 1 saturated carbocycles. The summed E-state index contributed by atoms with van der Waals surface area (Å²) in [5.74, 6) is -0.211. The topological polar surface area (TPSA) is 46.2 Å². The van der Waals surface area contributed by atoms with E-state index in [2.05, 4.69) is 0 Å². The van der Waals surface area contributed by atoms with Crippen LogP contribution in [0.2, 0.25) is 5.02 Å². The Balaban J connectivity index is 0.00000180. The first kappa shape index (κ1) is 16.7. The molecule has 1 aromatic rings. The fourth-order valence-electron chi connectivity index (χ4n) is 2.69. The summed E-state index contributed by atoms with van der Waals surface area (Å²) in [7, 11) is 0. The monoisotopic (exact) mass is 307 g/mol. The van der Waals surface area contributed by atoms with Crippen molar-refractivity contribution < 1.29 is 9.50 Å². The van der Waals surface area contributed by atoms with Crippen LogP contribution in [-0.2, 0) is 0 Å². The molecule has 1 fully saturated rings. The van der Waals surface area contributed by atoms with Crippen molar-refractivity contribution in [1.29, 1.82) is 0 Å². The summed E-state index contributed by atoms with van der Waals surface area (Å²) < 4.78 is 13.1. The predicted molar refractivity (Wildman–Crippen MR) is 78.2 cm³/mol. The van der Waals surface area contributed by atoms with E-state index in [-0.39, 0.29) is 23.3 Å². The molecule has 1 aliphatic carbocycles. The first-order valence-corrected chi connectivity index (χ1v) is 6.86. The average molecular weight is 308 g/mol. The van der Waals surface area contributed by atoms with Crippen LogP contribution in [0.4, 0.5) is 4.39 Å². The minimum atomic E-state index is -0.577. The number of nitrogens with two attached hydrogens (primary N) is 1. The van der Waals surface area contributed by atoms with Gasteiger partial charge in [-0.1, -0.05) is 36.9 Å². The summed E-state index contributed by atoms with van der Waals surface area (Å²) in [4.78, 5) is 0. The van der Waals surface area contributed by atoms with Crippen molar-refractivity contribution >= 4 is 24.0 Å². The zero-order valence-electron chi connectivity index (χ0n) is 10.7. The third-order valence-electron chi connectivity index (χ3n) is 3.83. The highest BCUT2D eigenvalue weighted by Gasteiger charge is 2.27. The number of aliphatic hydroxyl groups excluding tert-OH is 1. The molecule has 0 bridgehead atoms. The summed E-state index contributed by atoms with van der Waals surface area (Å²) in [5, 5.41) is 10.3. The van der Waals surface area contributed by atoms with E-state index in [0.717, 1.165) is 25.7 Å². The highest BCUT2D eigenvalue weighted by Crippen LogP contribution is 2.32. The number of hydrogen-bond acceptors (Lipinski definition) is 2. The van der Waals surface area contributed by atoms with E-state index in [1.807, 2.05) is 0 Å². The van der Waals surface area contributed by atoms with Gasteiger partial charge in [-0.15, -0.1) is 12.4 Å². The summed E-state index contributed by atoms with van der Waals surface area (Å²) >= 11 is 5.74. The van der Waals surface area contributed by atoms with Gasteiger partial charge in [-0.25, -0.2) is 4.39 Å². The molecular weight excluding hydrogens is 288 g/mol. The summed E-state index contributed by atoms with van der Waals surface area (Å²) in [6.45, 7) is 0. The normalized spacial score (nSPS) is 19.6. The molecule has 0 aromatic heterocycles. The lowest BCUT2D eigenvalue weighted by atomic mass is 9.81. The molecule has 108 valence electrons. The number of rotatable bonds is 3. The molecule has 0 radical (unpaired) electrons. The summed E-state index contributed by atoms with van der Waals surface area (Å²) in [6, 6.07) is 3.91. The lowest BCUT2D eigenvalue weighted by Crippen LogP contribution is -2.34. The first-order chi connectivity index (χ1) is 8.59. The zero-order chi connectivity index (χ0) is 13.1. The number of aliphatic hydroxyl groups is 1. The van der Waals surface area contributed by atoms with Crippen LogP contribution in [0.5, 0.6) is 0 Å². The van der Waals surface area contributed by atoms with Gasteiger partial charge in [0.15, 0.2) is 0 Å². The number of hydrogen-bond donors (Lipinski definition) is 2. The van der Waals surface area contributed by atoms with Gasteiger partial charge in [0, 0.05) is 0 Å². The molecule has 3 N–H and O–H groups in total. The van der Waals surface area contributed by atoms with Crippen molar-refractivity contribution in [2.75, 3.05) is 0 Å². The number of halogens is 3. The van der Waals surface area contributed by atoms with E-state index in [9.17, 15) is 9.50 Å². The smallest absolute Gasteiger partial charge is 0.141 e. The van der Waals surface area contributed by atoms with E-state index >= 15 is 0 Å². The Morgan fingerprint density at radius 1 is 1.26 bits per heavy atom. The van der Waals surface area contributed by atoms with E-state index in [1.54, 1.807) is 6.07 Å². The molecule has 0 saturated heterocycles. The van der Waals surface area contributed by atoms with Crippen molar-refractivity contribution in [3.05, 3.63) is 34.6 Å². The van der Waals surface area contributed by atoms with Crippen LogP contribution in [-0.4, -0.2) is 11.2 Å². The van der Waals surface area contributed by atoms with Crippen LogP contribution in [0.1, 0.15) is 43.7 Å². The van der Waals surface area contributed by atoms with Crippen molar-refractivity contribution in [2.24, 2.45) is 11.7 Å². The summed E-state index contributed by atoms with van der Waals surface area (Å²) in [6.07, 6.45) is 5.00. The second-order valence-electron chi connectivity index (χ2n) is 5.09. The van der Waals surface area contributed by atoms with Gasteiger partial charge in [0.1, 0.15) is 5.82 Å². The maximum Gasteiger partial charge on any atom is 0.141 e. The Labute approximate surface area is 124 Å². The minimum Gasteiger partial charge on any atom is -0.391 e. The third kappa shape index (κ3) is 4.06. The molecule has 5 heteroatoms. The molecule has 0 spiro atoms. The van der Waals surface area contributed by atoms with E-state index in [4.69, 9.17) is 17.3 Å². The van der Waals surface area contributed by atoms with Crippen molar-refractivity contribution in [3.63, 3.8) is 0 Å². The second-order valence-corrected chi connectivity index (χ2v) is 5.50. The van der Waals surface area contributed by atoms with Crippen LogP contribution in [0.15, 0.2) is 18.2 Å². The molecule has 2 nitrogen and oxygen atoms in total. The van der Waals surface area contributed by atoms with Crippen molar-refractivity contribution in [1.82, 2.24) is 0 Å². The third-order valence-corrected chi connectivity index (χ3v) is 4.12. The Bertz CT molecular complexity index is 410. The maximum absolute atomic E-state index is 13.1. The zero-order valence-corrected chi connectivity index (χ0v) is 12.3. The van der Waals surface area contributed by atoms with Gasteiger partial charge < -0.3 is 10.8 Å². The molecule has 0 aliphatic heterocycles. The Morgan fingerprint density at radius 2 is 1.89 bits per heavy atom. The molecule has 1 aliphatic rings. The molecule has 0 heterocycles. The van der Waals surface area contributed by atoms with E-state index in [0.29, 0.717) is 5.56 Å². The average Bonchev–Trinajstić information content (AvgIpc) is 2.41. The predicted octanol–water partition coefficient (Wildman–Crippen LogP) is 3.84. The van der Waals surface area contributed by atoms with Crippen molar-refractivity contribution in [2.45, 2.75) is 44.2 Å². The van der Waals surface area contributed by atoms with E-state index in [1.165, 1.54) is 18.6 Å². The van der Waals surface area contributed by atoms with Gasteiger partial charge in [0.25, 0.3) is 0 Å². The Kier molecular flexibility index (Phi) is 6.54. The molecule has 19 heavy (non-hydrogen) atoms. The number of benzene rings is 1. The highest BCUT2D eigenvalue weighted by atomic mass is 35.5. The van der Waals surface area contributed by atoms with Crippen LogP contribution in [0.3, 0.4) is 0 Å². The Hall–Kier alpha value is -0.350. The lowest BCUT2D eigenvalue weighted by molar-refractivity contribution is 0.0618. The van der Waals surface area contributed by atoms with Gasteiger partial charge in [-0.2, -0.15) is 0 Å². The SMILES string of the molecule is Cl.N[C@@H](c1ccc(F)c(Cl)c1)[C@H](O)C1CCCCC1. The summed E-state index contributed by atoms with van der Waals surface area (Å²) in [5.41, 5.74) is 6.75.